The van der Waals surface area contributed by atoms with E-state index >= 15 is 0 Å². The van der Waals surface area contributed by atoms with Crippen molar-refractivity contribution in [3.05, 3.63) is 50.9 Å². The summed E-state index contributed by atoms with van der Waals surface area (Å²) in [6, 6.07) is 0. The number of anilines is 4. The maximum absolute atomic E-state index is 12.4. The van der Waals surface area contributed by atoms with Crippen LogP contribution in [0.3, 0.4) is 0 Å². The van der Waals surface area contributed by atoms with Gasteiger partial charge in [-0.05, 0) is 0 Å². The fourth-order valence-electron chi connectivity index (χ4n) is 2.48. The normalized spacial score (nSPS) is 15.1. The van der Waals surface area contributed by atoms with E-state index in [1.165, 1.54) is 0 Å². The zero-order valence-corrected chi connectivity index (χ0v) is 12.0. The molecular weight excluding hydrogens is 372 g/mol. The van der Waals surface area contributed by atoms with Crippen LogP contribution >= 0.6 is 0 Å². The van der Waals surface area contributed by atoms with Crippen LogP contribution in [0.25, 0.3) is 0 Å². The Bertz CT molecular complexity index is 750. The number of aromatic nitrogens is 2. The van der Waals surface area contributed by atoms with Crippen LogP contribution in [0.4, 0.5) is 23.3 Å². The summed E-state index contributed by atoms with van der Waals surface area (Å²) in [6.07, 6.45) is 0. The Labute approximate surface area is 138 Å². The molecular formula is C6H4N10O10. The van der Waals surface area contributed by atoms with Gasteiger partial charge < -0.3 is 10.4 Å². The Morgan fingerprint density at radius 1 is 0.577 bits per heavy atom. The van der Waals surface area contributed by atoms with Crippen molar-refractivity contribution in [3.63, 3.8) is 0 Å². The van der Waals surface area contributed by atoms with Gasteiger partial charge in [-0.1, -0.05) is 0 Å². The highest BCUT2D eigenvalue weighted by atomic mass is 16.7. The van der Waals surface area contributed by atoms with Gasteiger partial charge in [0.05, 0.1) is 0 Å². The summed E-state index contributed by atoms with van der Waals surface area (Å²) >= 11 is 0. The molecule has 26 heavy (non-hydrogen) atoms. The molecule has 0 saturated carbocycles. The molecule has 1 aromatic heterocycles. The number of hydrazine groups is 4. The topological polar surface area (TPSA) is 239 Å². The fraction of sp³-hybridized carbons (Fsp3) is 0.333. The summed E-state index contributed by atoms with van der Waals surface area (Å²) in [4.78, 5) is 44.1. The number of rotatable bonds is 4. The van der Waals surface area contributed by atoms with Gasteiger partial charge in [0.25, 0.3) is 0 Å². The Hall–Kier alpha value is -4.52. The molecule has 0 radical (unpaired) electrons. The van der Waals surface area contributed by atoms with Gasteiger partial charge in [-0.15, -0.1) is 0 Å². The number of nitrogens with zero attached hydrogens (tertiary/aromatic N) is 10. The monoisotopic (exact) mass is 376 g/mol. The van der Waals surface area contributed by atoms with Crippen LogP contribution in [-0.4, -0.2) is 33.5 Å². The molecule has 20 heteroatoms. The van der Waals surface area contributed by atoms with E-state index in [2.05, 4.69) is 0 Å². The molecule has 0 atom stereocenters. The van der Waals surface area contributed by atoms with Gasteiger partial charge in [0.1, 0.15) is 0 Å². The van der Waals surface area contributed by atoms with E-state index in [0.717, 1.165) is 0 Å². The minimum atomic E-state index is -1.25. The molecule has 0 bridgehead atoms. The predicted octanol–water partition coefficient (Wildman–Crippen LogP) is -3.11. The molecule has 0 unspecified atom stereocenters. The lowest BCUT2D eigenvalue weighted by molar-refractivity contribution is -0.654. The molecule has 0 fully saturated rings. The van der Waals surface area contributed by atoms with Gasteiger partial charge in [0.15, 0.2) is 0 Å². The molecule has 3 rings (SSSR count). The molecule has 20 nitrogen and oxygen atoms in total. The van der Waals surface area contributed by atoms with E-state index in [-0.39, 0.29) is 20.0 Å². The second-order valence-corrected chi connectivity index (χ2v) is 4.72. The lowest BCUT2D eigenvalue weighted by Gasteiger charge is -2.16. The molecule has 1 aromatic rings. The third kappa shape index (κ3) is 1.88. The lowest BCUT2D eigenvalue weighted by Crippen LogP contribution is -2.47. The van der Waals surface area contributed by atoms with E-state index in [9.17, 15) is 50.9 Å². The quantitative estimate of drug-likeness (QED) is 0.219. The highest BCUT2D eigenvalue weighted by Gasteiger charge is 2.62. The van der Waals surface area contributed by atoms with E-state index < -0.39 is 66.2 Å². The van der Waals surface area contributed by atoms with Crippen molar-refractivity contribution in [1.29, 1.82) is 0 Å². The Morgan fingerprint density at radius 3 is 0.923 bits per heavy atom. The number of hydrogen-bond donors (Lipinski definition) is 0. The smallest absolute Gasteiger partial charge is 0.374 e. The largest absolute Gasteiger partial charge is 0.739 e. The first-order valence-electron chi connectivity index (χ1n) is 6.18. The summed E-state index contributed by atoms with van der Waals surface area (Å²) in [5.74, 6) is -4.79. The predicted molar refractivity (Wildman–Crippen MR) is 72.0 cm³/mol. The molecule has 138 valence electrons. The Morgan fingerprint density at radius 2 is 0.769 bits per heavy atom. The van der Waals surface area contributed by atoms with Gasteiger partial charge in [-0.25, -0.2) is 49.9 Å². The standard InChI is InChI=1S/C6H4N10O10/c17-11-3-4(8(14(21)22)1-7(3)13(19)20)12(18)6-5(11)9(15(23)24)2-10(6)16(25)26/h1-2H2. The van der Waals surface area contributed by atoms with Gasteiger partial charge in [-0.3, -0.25) is 0 Å². The molecule has 0 N–H and O–H groups in total. The lowest BCUT2D eigenvalue weighted by atomic mass is 10.5. The van der Waals surface area contributed by atoms with Gasteiger partial charge in [-0.2, -0.15) is 0 Å². The molecule has 2 aliphatic heterocycles. The maximum atomic E-state index is 12.4. The SMILES string of the molecule is O=[N+]([O-])N1CN([N+](=O)[O-])c2c1[n+]([O-])c1c([n+]2[O-])N([N+](=O)[O-])CN1[N+](=O)[O-]. The van der Waals surface area contributed by atoms with Crippen molar-refractivity contribution < 1.29 is 29.6 Å². The average Bonchev–Trinajstić information content (AvgIpc) is 3.12. The van der Waals surface area contributed by atoms with Crippen molar-refractivity contribution >= 4 is 23.3 Å². The van der Waals surface area contributed by atoms with Crippen molar-refractivity contribution in [2.45, 2.75) is 0 Å². The summed E-state index contributed by atoms with van der Waals surface area (Å²) in [6.45, 7) is -2.36. The minimum absolute atomic E-state index is 0.0905. The average molecular weight is 376 g/mol. The second kappa shape index (κ2) is 4.99. The number of hydrogen-bond acceptors (Lipinski definition) is 10. The van der Waals surface area contributed by atoms with Crippen LogP contribution in [0.2, 0.25) is 0 Å². The van der Waals surface area contributed by atoms with Crippen LogP contribution in [-0.2, 0) is 0 Å². The van der Waals surface area contributed by atoms with Gasteiger partial charge in [0, 0.05) is 20.0 Å². The molecule has 0 amide bonds. The van der Waals surface area contributed by atoms with E-state index in [1.54, 1.807) is 0 Å². The van der Waals surface area contributed by atoms with E-state index in [4.69, 9.17) is 0 Å². The van der Waals surface area contributed by atoms with Crippen LogP contribution in [0.1, 0.15) is 0 Å². The minimum Gasteiger partial charge on any atom is -0.739 e. The van der Waals surface area contributed by atoms with Crippen LogP contribution in [0.15, 0.2) is 0 Å². The fourth-order valence-corrected chi connectivity index (χ4v) is 2.48. The Kier molecular flexibility index (Phi) is 3.13. The van der Waals surface area contributed by atoms with Crippen molar-refractivity contribution in [2.24, 2.45) is 0 Å². The number of nitro groups is 4. The molecule has 0 spiro atoms. The van der Waals surface area contributed by atoms with Crippen LogP contribution < -0.4 is 29.5 Å². The number of fused-ring (bicyclic) bond motifs is 2. The summed E-state index contributed by atoms with van der Waals surface area (Å²) in [7, 11) is 0. The molecule has 2 aliphatic rings. The zero-order valence-electron chi connectivity index (χ0n) is 12.0. The van der Waals surface area contributed by atoms with Crippen molar-refractivity contribution in [3.8, 4) is 0 Å². The zero-order chi connectivity index (χ0) is 19.5. The second-order valence-electron chi connectivity index (χ2n) is 4.72. The van der Waals surface area contributed by atoms with E-state index in [1.807, 2.05) is 0 Å². The molecule has 3 heterocycles. The first kappa shape index (κ1) is 16.3. The summed E-state index contributed by atoms with van der Waals surface area (Å²) in [5, 5.41) is 63.7. The molecule has 0 saturated heterocycles. The van der Waals surface area contributed by atoms with E-state index in [0.29, 0.717) is 0 Å². The first-order valence-corrected chi connectivity index (χ1v) is 6.18. The first-order chi connectivity index (χ1) is 12.1. The van der Waals surface area contributed by atoms with Crippen molar-refractivity contribution in [2.75, 3.05) is 33.4 Å². The van der Waals surface area contributed by atoms with Crippen molar-refractivity contribution in [1.82, 2.24) is 0 Å². The molecule has 0 aliphatic carbocycles. The maximum Gasteiger partial charge on any atom is 0.374 e. The van der Waals surface area contributed by atoms with Crippen LogP contribution in [0.5, 0.6) is 0 Å². The Balaban J connectivity index is 2.39. The third-order valence-electron chi connectivity index (χ3n) is 3.47. The summed E-state index contributed by atoms with van der Waals surface area (Å²) < 4.78 is -1.00. The molecule has 0 aromatic carbocycles. The highest BCUT2D eigenvalue weighted by molar-refractivity contribution is 5.66. The van der Waals surface area contributed by atoms with Gasteiger partial charge in [0.2, 0.25) is 20.1 Å². The third-order valence-corrected chi connectivity index (χ3v) is 3.47. The summed E-state index contributed by atoms with van der Waals surface area (Å²) in [5.41, 5.74) is 0. The highest BCUT2D eigenvalue weighted by Crippen LogP contribution is 2.38. The van der Waals surface area contributed by atoms with Crippen LogP contribution in [0, 0.1) is 50.9 Å². The van der Waals surface area contributed by atoms with Gasteiger partial charge >= 0.3 is 36.6 Å².